The third-order valence-electron chi connectivity index (χ3n) is 20.3. The molecule has 2 unspecified atom stereocenters. The number of ether oxygens (including phenoxy) is 1. The number of phosphoric ester groups is 1. The maximum atomic E-state index is 12.6. The van der Waals surface area contributed by atoms with Crippen LogP contribution in [0.3, 0.4) is 0 Å². The molecule has 5 N–H and O–H groups in total. The molecule has 9 rings (SSSR count). The van der Waals surface area contributed by atoms with Crippen LogP contribution >= 0.6 is 7.82 Å². The second kappa shape index (κ2) is 17.9. The number of allylic oxidation sites excluding steroid dienone is 4. The highest BCUT2D eigenvalue weighted by Crippen LogP contribution is 2.70. The fraction of sp³-hybridized carbons (Fsp3) is 0.741. The Morgan fingerprint density at radius 2 is 1.73 bits per heavy atom. The maximum Gasteiger partial charge on any atom is 0.469 e. The normalized spacial score (nSPS) is 42.1. The first kappa shape index (κ1) is 48.2. The quantitative estimate of drug-likeness (QED) is 0.0999. The minimum atomic E-state index is -4.81. The van der Waals surface area contributed by atoms with Gasteiger partial charge in [-0.15, -0.1) is 5.92 Å². The van der Waals surface area contributed by atoms with Crippen LogP contribution in [0.2, 0.25) is 0 Å². The Morgan fingerprint density at radius 1 is 0.970 bits per heavy atom. The van der Waals surface area contributed by atoms with Crippen molar-refractivity contribution < 1.29 is 48.5 Å². The van der Waals surface area contributed by atoms with E-state index in [1.807, 2.05) is 13.0 Å². The lowest BCUT2D eigenvalue weighted by atomic mass is 9.43. The number of aliphatic hydroxyl groups excluding tert-OH is 1. The first-order valence-electron chi connectivity index (χ1n) is 25.4. The van der Waals surface area contributed by atoms with Gasteiger partial charge in [-0.25, -0.2) is 4.57 Å². The van der Waals surface area contributed by atoms with Crippen molar-refractivity contribution in [3.05, 3.63) is 52.6 Å². The molecular weight excluding hydrogens is 854 g/mol. The van der Waals surface area contributed by atoms with Crippen molar-refractivity contribution in [1.82, 2.24) is 0 Å². The zero-order valence-electron chi connectivity index (χ0n) is 40.2. The van der Waals surface area contributed by atoms with E-state index in [2.05, 4.69) is 75.7 Å². The van der Waals surface area contributed by atoms with E-state index >= 15 is 0 Å². The maximum absolute atomic E-state index is 12.6. The number of likely N-dealkylation sites (N-methyl/N-ethyl adjacent to an activating group) is 1. The fourth-order valence-corrected chi connectivity index (χ4v) is 17.5. The number of aliphatic carboxylic acids is 1. The van der Waals surface area contributed by atoms with E-state index in [4.69, 9.17) is 9.26 Å². The van der Waals surface area contributed by atoms with Crippen LogP contribution in [-0.4, -0.2) is 81.0 Å². The van der Waals surface area contributed by atoms with Crippen molar-refractivity contribution in [2.24, 2.45) is 63.6 Å². The Labute approximate surface area is 392 Å². The molecule has 0 aromatic heterocycles. The van der Waals surface area contributed by atoms with Gasteiger partial charge in [-0.3, -0.25) is 14.1 Å². The van der Waals surface area contributed by atoms with E-state index in [1.54, 1.807) is 0 Å². The van der Waals surface area contributed by atoms with Gasteiger partial charge >= 0.3 is 13.8 Å². The Bertz CT molecular complexity index is 2220. The number of carboxylic acid groups (broad SMARTS) is 1. The minimum absolute atomic E-state index is 0.00550. The number of aliphatic hydroxyl groups is 2. The molecule has 362 valence electrons. The van der Waals surface area contributed by atoms with Gasteiger partial charge in [-0.1, -0.05) is 51.3 Å². The van der Waals surface area contributed by atoms with Gasteiger partial charge in [0.25, 0.3) is 0 Å². The fourth-order valence-electron chi connectivity index (χ4n) is 16.9. The molecule has 0 spiro atoms. The lowest BCUT2D eigenvalue weighted by molar-refractivity contribution is -0.206. The summed E-state index contributed by atoms with van der Waals surface area (Å²) in [5, 5.41) is 33.6. The van der Waals surface area contributed by atoms with Gasteiger partial charge in [0.05, 0.1) is 24.9 Å². The summed E-state index contributed by atoms with van der Waals surface area (Å²) >= 11 is 0. The third-order valence-corrected chi connectivity index (χ3v) is 20.8. The number of rotatable bonds is 12. The summed E-state index contributed by atoms with van der Waals surface area (Å²) in [4.78, 5) is 46.7. The van der Waals surface area contributed by atoms with Gasteiger partial charge in [0, 0.05) is 43.5 Å². The Kier molecular flexibility index (Phi) is 13.0. The van der Waals surface area contributed by atoms with Gasteiger partial charge in [-0.05, 0) is 190 Å². The van der Waals surface area contributed by atoms with Crippen LogP contribution in [-0.2, 0) is 23.4 Å². The van der Waals surface area contributed by atoms with Crippen LogP contribution in [0.4, 0.5) is 5.69 Å². The summed E-state index contributed by atoms with van der Waals surface area (Å²) < 4.78 is 25.0. The Balaban J connectivity index is 0.870. The van der Waals surface area contributed by atoms with Crippen LogP contribution < -0.4 is 4.90 Å². The Morgan fingerprint density at radius 3 is 2.44 bits per heavy atom. The second-order valence-corrected chi connectivity index (χ2v) is 24.3. The molecule has 0 amide bonds. The smallest absolute Gasteiger partial charge is 0.469 e. The van der Waals surface area contributed by atoms with Crippen molar-refractivity contribution >= 4 is 25.3 Å². The number of hydrogen-bond donors (Lipinski definition) is 5. The van der Waals surface area contributed by atoms with E-state index in [9.17, 15) is 39.3 Å². The second-order valence-electron chi connectivity index (χ2n) is 23.1. The molecule has 8 aliphatic carbocycles. The van der Waals surface area contributed by atoms with Crippen molar-refractivity contribution in [1.29, 1.82) is 0 Å². The number of ketones is 1. The highest BCUT2D eigenvalue weighted by Gasteiger charge is 2.67. The first-order valence-corrected chi connectivity index (χ1v) is 26.9. The number of fused-ring (bicyclic) bond motifs is 9. The standard InChI is InChI=1S/C54H76NO10P/c1-7-22-54(60)24-21-43-40-15-11-34-27-37(56)14-16-39(34)49(40)41(31-52(43,54)4)33-9-12-36(13-10-33)55(6)25-26-64-38-20-23-51(3)35(28-38)29-46(65-66(61,62)63)50-44-18-17-42(32(2)8-19-48(58)59)53(44,5)47(57)30-45(50)51/h9-10,12-13,27,32,35,38,40-47,50,57,60H,8,11,14-21,23-26,28-31H2,1-6H3,(H,58,59)(H2,61,62,63)/t32-,35+,38+,40?,41+,42-,43?,44+,45+,46-,47+,50+,51+,52+,53-,54-/m1/s1. The number of anilines is 1. The molecule has 6 fully saturated rings. The van der Waals surface area contributed by atoms with Crippen LogP contribution in [0.5, 0.6) is 0 Å². The summed E-state index contributed by atoms with van der Waals surface area (Å²) in [5.74, 6) is 6.96. The number of carbonyl (C=O) groups is 2. The summed E-state index contributed by atoms with van der Waals surface area (Å²) in [7, 11) is -2.71. The number of carboxylic acids is 1. The van der Waals surface area contributed by atoms with Crippen LogP contribution in [0.15, 0.2) is 47.1 Å². The molecule has 11 nitrogen and oxygen atoms in total. The average Bonchev–Trinajstić information content (AvgIpc) is 3.76. The summed E-state index contributed by atoms with van der Waals surface area (Å²) in [6.45, 7) is 11.9. The minimum Gasteiger partial charge on any atom is -0.481 e. The van der Waals surface area contributed by atoms with Gasteiger partial charge in [0.1, 0.15) is 5.60 Å². The number of carbonyl (C=O) groups excluding carboxylic acids is 1. The molecule has 1 aromatic rings. The van der Waals surface area contributed by atoms with E-state index in [-0.39, 0.29) is 70.6 Å². The van der Waals surface area contributed by atoms with Crippen LogP contribution in [0, 0.1) is 75.4 Å². The molecule has 8 aliphatic rings. The zero-order valence-corrected chi connectivity index (χ0v) is 41.1. The van der Waals surface area contributed by atoms with Gasteiger partial charge < -0.3 is 34.7 Å². The summed E-state index contributed by atoms with van der Waals surface area (Å²) in [5.41, 5.74) is 4.52. The molecule has 12 heteroatoms. The highest BCUT2D eigenvalue weighted by atomic mass is 31.2. The first-order chi connectivity index (χ1) is 31.2. The average molecular weight is 930 g/mol. The number of hydrogen-bond acceptors (Lipinski definition) is 8. The lowest BCUT2D eigenvalue weighted by Gasteiger charge is -2.64. The molecule has 0 heterocycles. The number of nitrogens with zero attached hydrogens (tertiary/aromatic N) is 1. The van der Waals surface area contributed by atoms with E-state index < -0.39 is 37.0 Å². The Hall–Kier alpha value is -2.81. The van der Waals surface area contributed by atoms with Crippen molar-refractivity contribution in [3.63, 3.8) is 0 Å². The predicted molar refractivity (Wildman–Crippen MR) is 253 cm³/mol. The number of benzene rings is 1. The monoisotopic (exact) mass is 930 g/mol. The van der Waals surface area contributed by atoms with Crippen molar-refractivity contribution in [3.8, 4) is 11.8 Å². The van der Waals surface area contributed by atoms with E-state index in [0.29, 0.717) is 57.1 Å². The van der Waals surface area contributed by atoms with E-state index in [1.165, 1.54) is 22.3 Å². The lowest BCUT2D eigenvalue weighted by Crippen LogP contribution is -2.62. The molecular formula is C54H76NO10P. The third kappa shape index (κ3) is 8.22. The SMILES string of the molecule is CC#C[C@@]1(O)CCC2C3CCC4=CC(=O)CCC4=C3[C@H](c3ccc(N(C)CCO[C@H]4CC[C@@]5(C)[C@@H](C4)C[C@@H](OP(=O)(O)O)[C@@H]4[C@@H]5C[C@H](O)[C@]5(C)[C@@H]([C@H](C)CCC(=O)O)CC[C@@H]45)cc3)C[C@@]21C. The molecule has 6 saturated carbocycles. The topological polar surface area (TPSA) is 174 Å². The zero-order chi connectivity index (χ0) is 47.1. The molecule has 0 radical (unpaired) electrons. The predicted octanol–water partition coefficient (Wildman–Crippen LogP) is 9.38. The molecule has 0 saturated heterocycles. The molecule has 66 heavy (non-hydrogen) atoms. The largest absolute Gasteiger partial charge is 0.481 e. The molecule has 0 aliphatic heterocycles. The highest BCUT2D eigenvalue weighted by molar-refractivity contribution is 7.46. The van der Waals surface area contributed by atoms with Gasteiger partial charge in [0.2, 0.25) is 0 Å². The van der Waals surface area contributed by atoms with Gasteiger partial charge in [0.15, 0.2) is 5.78 Å². The molecule has 0 bridgehead atoms. The molecule has 1 aromatic carbocycles. The van der Waals surface area contributed by atoms with Gasteiger partial charge in [-0.2, -0.15) is 0 Å². The van der Waals surface area contributed by atoms with Crippen LogP contribution in [0.1, 0.15) is 149 Å². The molecule has 16 atom stereocenters. The van der Waals surface area contributed by atoms with Crippen LogP contribution in [0.25, 0.3) is 0 Å². The van der Waals surface area contributed by atoms with Crippen molar-refractivity contribution in [2.75, 3.05) is 25.1 Å². The summed E-state index contributed by atoms with van der Waals surface area (Å²) in [6, 6.07) is 8.95. The number of phosphoric acid groups is 1. The van der Waals surface area contributed by atoms with E-state index in [0.717, 1.165) is 69.9 Å². The summed E-state index contributed by atoms with van der Waals surface area (Å²) in [6.07, 6.45) is 12.5. The van der Waals surface area contributed by atoms with Crippen molar-refractivity contribution in [2.45, 2.75) is 167 Å².